The molecule has 0 aliphatic heterocycles. The summed E-state index contributed by atoms with van der Waals surface area (Å²) in [5.41, 5.74) is 3.48. The van der Waals surface area contributed by atoms with Crippen molar-refractivity contribution in [2.75, 3.05) is 20.1 Å². The minimum absolute atomic E-state index is 0.0148. The summed E-state index contributed by atoms with van der Waals surface area (Å²) >= 11 is 14.6. The molecule has 210 valence electrons. The van der Waals surface area contributed by atoms with Gasteiger partial charge in [-0.2, -0.15) is 0 Å². The molecule has 0 saturated heterocycles. The third-order valence-electron chi connectivity index (χ3n) is 6.41. The maximum Gasteiger partial charge on any atom is 0.303 e. The lowest BCUT2D eigenvalue weighted by molar-refractivity contribution is -0.136. The van der Waals surface area contributed by atoms with E-state index in [1.807, 2.05) is 23.5 Å². The Kier molecular flexibility index (Phi) is 12.1. The molecule has 0 unspecified atom stereocenters. The first-order valence-electron chi connectivity index (χ1n) is 13.1. The Morgan fingerprint density at radius 3 is 2.46 bits per heavy atom. The zero-order chi connectivity index (χ0) is 28.4. The van der Waals surface area contributed by atoms with Crippen LogP contribution in [0.1, 0.15) is 44.2 Å². The first-order valence-corrected chi connectivity index (χ1v) is 14.6. The molecule has 3 rings (SSSR count). The minimum atomic E-state index is -0.861. The number of hydrogen-bond donors (Lipinski definition) is 3. The smallest absolute Gasteiger partial charge is 0.303 e. The summed E-state index contributed by atoms with van der Waals surface area (Å²) in [6.07, 6.45) is 4.59. The highest BCUT2D eigenvalue weighted by atomic mass is 35.5. The van der Waals surface area contributed by atoms with Crippen molar-refractivity contribution >= 4 is 41.1 Å². The summed E-state index contributed by atoms with van der Waals surface area (Å²) in [6, 6.07) is 17.7. The SMILES string of the molecule is CN(C[C@H](O)CNC(C)(C)CCCc1ccccc1)Sc1c(Cl)cc(-c2ncccc2CCC(=O)O)cc1Cl. The number of rotatable bonds is 15. The van der Waals surface area contributed by atoms with Crippen LogP contribution in [0.4, 0.5) is 0 Å². The van der Waals surface area contributed by atoms with Gasteiger partial charge in [-0.3, -0.25) is 9.78 Å². The highest BCUT2D eigenvalue weighted by Gasteiger charge is 2.20. The van der Waals surface area contributed by atoms with Gasteiger partial charge in [-0.1, -0.05) is 59.6 Å². The Balaban J connectivity index is 1.53. The molecular weight excluding hydrogens is 553 g/mol. The van der Waals surface area contributed by atoms with Gasteiger partial charge in [0, 0.05) is 36.8 Å². The lowest BCUT2D eigenvalue weighted by atomic mass is 9.95. The molecule has 2 aromatic carbocycles. The van der Waals surface area contributed by atoms with Crippen LogP contribution < -0.4 is 5.32 Å². The predicted octanol–water partition coefficient (Wildman–Crippen LogP) is 6.76. The van der Waals surface area contributed by atoms with Crippen LogP contribution in [0.15, 0.2) is 65.7 Å². The first-order chi connectivity index (χ1) is 18.5. The van der Waals surface area contributed by atoms with E-state index in [0.717, 1.165) is 30.4 Å². The van der Waals surface area contributed by atoms with E-state index >= 15 is 0 Å². The molecule has 1 atom stereocenters. The molecule has 1 heterocycles. The second-order valence-corrected chi connectivity index (χ2v) is 12.4. The molecule has 0 aliphatic carbocycles. The van der Waals surface area contributed by atoms with Crippen LogP contribution in [0.3, 0.4) is 0 Å². The van der Waals surface area contributed by atoms with E-state index < -0.39 is 12.1 Å². The number of aliphatic hydroxyl groups is 1. The van der Waals surface area contributed by atoms with Gasteiger partial charge in [0.2, 0.25) is 0 Å². The summed E-state index contributed by atoms with van der Waals surface area (Å²) in [5, 5.41) is 24.2. The van der Waals surface area contributed by atoms with Crippen LogP contribution >= 0.6 is 35.1 Å². The molecule has 3 aromatic rings. The van der Waals surface area contributed by atoms with Crippen LogP contribution in [0.5, 0.6) is 0 Å². The lowest BCUT2D eigenvalue weighted by Gasteiger charge is -2.29. The molecular formula is C30H37Cl2N3O3S. The van der Waals surface area contributed by atoms with Crippen LogP contribution in [0, 0.1) is 0 Å². The van der Waals surface area contributed by atoms with E-state index in [-0.39, 0.29) is 12.0 Å². The van der Waals surface area contributed by atoms with Crippen molar-refractivity contribution in [3.8, 4) is 11.3 Å². The van der Waals surface area contributed by atoms with Crippen molar-refractivity contribution in [2.45, 2.75) is 62.5 Å². The number of carboxylic acid groups (broad SMARTS) is 1. The second kappa shape index (κ2) is 15.0. The van der Waals surface area contributed by atoms with Gasteiger partial charge in [0.05, 0.1) is 26.7 Å². The number of carboxylic acids is 1. The van der Waals surface area contributed by atoms with Crippen molar-refractivity contribution in [3.05, 3.63) is 82.0 Å². The summed E-state index contributed by atoms with van der Waals surface area (Å²) in [7, 11) is 1.89. The summed E-state index contributed by atoms with van der Waals surface area (Å²) in [6.45, 7) is 5.23. The fraction of sp³-hybridized carbons (Fsp3) is 0.400. The first kappa shape index (κ1) is 31.4. The molecule has 39 heavy (non-hydrogen) atoms. The summed E-state index contributed by atoms with van der Waals surface area (Å²) in [4.78, 5) is 16.2. The Labute approximate surface area is 245 Å². The van der Waals surface area contributed by atoms with E-state index in [2.05, 4.69) is 48.4 Å². The molecule has 9 heteroatoms. The standard InChI is InChI=1S/C30H37Cl2N3O3S/c1-30(2,15-7-11-21-9-5-4-6-10-21)34-19-24(36)20-35(3)39-29-25(31)17-23(18-26(29)32)28-22(12-8-16-33-28)13-14-27(37)38/h4-6,8-10,12,16-18,24,34,36H,7,11,13-15,19-20H2,1-3H3,(H,37,38)/t24-/m1/s1. The molecule has 6 nitrogen and oxygen atoms in total. The molecule has 0 bridgehead atoms. The average molecular weight is 591 g/mol. The number of β-amino-alcohol motifs (C(OH)–C–C–N with tert-alkyl or cyclic N) is 1. The molecule has 0 saturated carbocycles. The number of aliphatic hydroxyl groups excluding tert-OH is 1. The maximum absolute atomic E-state index is 11.0. The number of nitrogens with zero attached hydrogens (tertiary/aromatic N) is 2. The topological polar surface area (TPSA) is 85.7 Å². The number of nitrogens with one attached hydrogen (secondary N) is 1. The predicted molar refractivity (Wildman–Crippen MR) is 162 cm³/mol. The van der Waals surface area contributed by atoms with Gasteiger partial charge in [0.25, 0.3) is 0 Å². The van der Waals surface area contributed by atoms with Gasteiger partial charge in [-0.15, -0.1) is 0 Å². The molecule has 0 fully saturated rings. The van der Waals surface area contributed by atoms with Crippen molar-refractivity contribution in [1.29, 1.82) is 0 Å². The number of benzene rings is 2. The number of halogens is 2. The van der Waals surface area contributed by atoms with Crippen LogP contribution in [-0.2, 0) is 17.6 Å². The van der Waals surface area contributed by atoms with E-state index in [1.165, 1.54) is 17.5 Å². The average Bonchev–Trinajstić information content (AvgIpc) is 2.89. The summed E-state index contributed by atoms with van der Waals surface area (Å²) < 4.78 is 1.92. The quantitative estimate of drug-likeness (QED) is 0.169. The van der Waals surface area contributed by atoms with Gasteiger partial charge >= 0.3 is 5.97 Å². The molecule has 3 N–H and O–H groups in total. The van der Waals surface area contributed by atoms with Crippen molar-refractivity contribution in [2.24, 2.45) is 0 Å². The Bertz CT molecular complexity index is 1200. The number of aromatic nitrogens is 1. The number of carbonyl (C=O) groups is 1. The number of aryl methyl sites for hydroxylation is 2. The Morgan fingerprint density at radius 1 is 1.10 bits per heavy atom. The number of hydrogen-bond acceptors (Lipinski definition) is 6. The number of aliphatic carboxylic acids is 1. The van der Waals surface area contributed by atoms with Gasteiger partial charge in [0.1, 0.15) is 0 Å². The van der Waals surface area contributed by atoms with Gasteiger partial charge in [0.15, 0.2) is 0 Å². The zero-order valence-corrected chi connectivity index (χ0v) is 25.0. The normalized spacial score (nSPS) is 12.6. The Hall–Kier alpha value is -2.13. The summed E-state index contributed by atoms with van der Waals surface area (Å²) in [5.74, 6) is -0.861. The van der Waals surface area contributed by atoms with Crippen molar-refractivity contribution in [1.82, 2.24) is 14.6 Å². The molecule has 0 amide bonds. The third kappa shape index (κ3) is 10.4. The van der Waals surface area contributed by atoms with Gasteiger partial charge in [-0.25, -0.2) is 4.31 Å². The maximum atomic E-state index is 11.0. The molecule has 0 spiro atoms. The fourth-order valence-corrected chi connectivity index (χ4v) is 5.89. The van der Waals surface area contributed by atoms with E-state index in [0.29, 0.717) is 40.1 Å². The van der Waals surface area contributed by atoms with E-state index in [4.69, 9.17) is 28.3 Å². The van der Waals surface area contributed by atoms with E-state index in [9.17, 15) is 9.90 Å². The zero-order valence-electron chi connectivity index (χ0n) is 22.7. The van der Waals surface area contributed by atoms with Gasteiger partial charge < -0.3 is 15.5 Å². The van der Waals surface area contributed by atoms with E-state index in [1.54, 1.807) is 24.4 Å². The minimum Gasteiger partial charge on any atom is -0.481 e. The van der Waals surface area contributed by atoms with Crippen LogP contribution in [-0.4, -0.2) is 57.3 Å². The van der Waals surface area contributed by atoms with Crippen molar-refractivity contribution in [3.63, 3.8) is 0 Å². The van der Waals surface area contributed by atoms with Gasteiger partial charge in [-0.05, 0) is 87.9 Å². The third-order valence-corrected chi connectivity index (χ3v) is 8.32. The molecule has 1 aromatic heterocycles. The Morgan fingerprint density at radius 2 is 1.79 bits per heavy atom. The monoisotopic (exact) mass is 589 g/mol. The number of likely N-dealkylation sites (N-methyl/N-ethyl adjacent to an activating group) is 1. The number of pyridine rings is 1. The molecule has 0 aliphatic rings. The molecule has 0 radical (unpaired) electrons. The van der Waals surface area contributed by atoms with Crippen LogP contribution in [0.25, 0.3) is 11.3 Å². The van der Waals surface area contributed by atoms with Crippen LogP contribution in [0.2, 0.25) is 10.0 Å². The fourth-order valence-electron chi connectivity index (χ4n) is 4.34. The highest BCUT2D eigenvalue weighted by Crippen LogP contribution is 2.39. The highest BCUT2D eigenvalue weighted by molar-refractivity contribution is 7.97. The largest absolute Gasteiger partial charge is 0.481 e. The second-order valence-electron chi connectivity index (χ2n) is 10.3. The van der Waals surface area contributed by atoms with Crippen molar-refractivity contribution < 1.29 is 15.0 Å². The lowest BCUT2D eigenvalue weighted by Crippen LogP contribution is -2.45.